The number of aliphatic carboxylic acids is 1. The molecule has 31 heavy (non-hydrogen) atoms. The molecule has 0 heterocycles. The van der Waals surface area contributed by atoms with Gasteiger partial charge in [0.25, 0.3) is 5.91 Å². The van der Waals surface area contributed by atoms with Crippen molar-refractivity contribution in [3.8, 4) is 5.75 Å². The van der Waals surface area contributed by atoms with Crippen LogP contribution in [0.2, 0.25) is 0 Å². The van der Waals surface area contributed by atoms with Crippen LogP contribution < -0.4 is 10.1 Å². The van der Waals surface area contributed by atoms with Gasteiger partial charge in [-0.15, -0.1) is 0 Å². The van der Waals surface area contributed by atoms with E-state index in [1.165, 1.54) is 12.1 Å². The highest BCUT2D eigenvalue weighted by Gasteiger charge is 2.15. The zero-order valence-corrected chi connectivity index (χ0v) is 20.3. The van der Waals surface area contributed by atoms with Crippen LogP contribution in [-0.2, 0) is 11.4 Å². The first kappa shape index (κ1) is 23.2. The lowest BCUT2D eigenvalue weighted by Crippen LogP contribution is -2.27. The summed E-state index contributed by atoms with van der Waals surface area (Å²) >= 11 is 4.15. The molecule has 5 nitrogen and oxygen atoms in total. The predicted octanol–water partition coefficient (Wildman–Crippen LogP) is 5.47. The summed E-state index contributed by atoms with van der Waals surface area (Å²) in [6.45, 7) is 0.0708. The minimum absolute atomic E-state index is 0.0708. The normalized spacial score (nSPS) is 11.1. The second kappa shape index (κ2) is 10.7. The summed E-state index contributed by atoms with van der Waals surface area (Å²) in [5.74, 6) is -1.53. The zero-order valence-electron chi connectivity index (χ0n) is 15.9. The Morgan fingerprint density at radius 1 is 1.00 bits per heavy atom. The van der Waals surface area contributed by atoms with Gasteiger partial charge in [0.05, 0.1) is 7.14 Å². The fourth-order valence-corrected chi connectivity index (χ4v) is 4.80. The minimum atomic E-state index is -1.26. The first-order valence-electron chi connectivity index (χ1n) is 9.02. The molecule has 3 rings (SSSR count). The number of carboxylic acid groups (broad SMARTS) is 1. The average Bonchev–Trinajstić information content (AvgIpc) is 2.74. The molecule has 0 aliphatic rings. The number of carbonyl (C=O) groups excluding carboxylic acids is 1. The number of amides is 1. The van der Waals surface area contributed by atoms with E-state index >= 15 is 0 Å². The number of ether oxygens (including phenoxy) is 1. The molecule has 0 unspecified atom stereocenters. The first-order valence-corrected chi connectivity index (χ1v) is 11.2. The van der Waals surface area contributed by atoms with Gasteiger partial charge in [-0.25, -0.2) is 9.18 Å². The SMILES string of the molecule is O=C(O)/C(=C\c1cc(I)c(OCc2ccccc2F)c(I)c1)NC(=O)c1ccccc1. The van der Waals surface area contributed by atoms with Crippen molar-refractivity contribution in [2.24, 2.45) is 0 Å². The number of hydrogen-bond donors (Lipinski definition) is 2. The van der Waals surface area contributed by atoms with Crippen molar-refractivity contribution in [2.75, 3.05) is 0 Å². The Morgan fingerprint density at radius 2 is 1.61 bits per heavy atom. The van der Waals surface area contributed by atoms with Crippen molar-refractivity contribution in [1.29, 1.82) is 0 Å². The Morgan fingerprint density at radius 3 is 2.23 bits per heavy atom. The number of nitrogens with one attached hydrogen (secondary N) is 1. The lowest BCUT2D eigenvalue weighted by Gasteiger charge is -2.12. The summed E-state index contributed by atoms with van der Waals surface area (Å²) in [6.07, 6.45) is 1.38. The second-order valence-corrected chi connectivity index (χ2v) is 8.70. The molecule has 0 aliphatic heterocycles. The third-order valence-electron chi connectivity index (χ3n) is 4.18. The van der Waals surface area contributed by atoms with Crippen LogP contribution in [0.25, 0.3) is 6.08 Å². The molecule has 2 N–H and O–H groups in total. The summed E-state index contributed by atoms with van der Waals surface area (Å²) in [6, 6.07) is 18.2. The number of halogens is 3. The smallest absolute Gasteiger partial charge is 0.352 e. The van der Waals surface area contributed by atoms with E-state index in [0.717, 1.165) is 7.14 Å². The van der Waals surface area contributed by atoms with Crippen molar-refractivity contribution >= 4 is 63.1 Å². The molecule has 3 aromatic rings. The van der Waals surface area contributed by atoms with Gasteiger partial charge in [-0.2, -0.15) is 0 Å². The monoisotopic (exact) mass is 643 g/mol. The summed E-state index contributed by atoms with van der Waals surface area (Å²) in [5.41, 5.74) is 1.13. The lowest BCUT2D eigenvalue weighted by atomic mass is 10.1. The van der Waals surface area contributed by atoms with Gasteiger partial charge < -0.3 is 15.2 Å². The summed E-state index contributed by atoms with van der Waals surface area (Å²) in [5, 5.41) is 11.9. The van der Waals surface area contributed by atoms with Crippen molar-refractivity contribution < 1.29 is 23.8 Å². The van der Waals surface area contributed by atoms with Crippen LogP contribution in [0.4, 0.5) is 4.39 Å². The van der Waals surface area contributed by atoms with Crippen molar-refractivity contribution in [1.82, 2.24) is 5.32 Å². The largest absolute Gasteiger partial charge is 0.487 e. The third-order valence-corrected chi connectivity index (χ3v) is 5.78. The topological polar surface area (TPSA) is 75.6 Å². The summed E-state index contributed by atoms with van der Waals surface area (Å²) in [4.78, 5) is 24.0. The molecule has 0 fully saturated rings. The Hall–Kier alpha value is -2.47. The van der Waals surface area contributed by atoms with E-state index in [9.17, 15) is 19.1 Å². The fraction of sp³-hybridized carbons (Fsp3) is 0.0435. The lowest BCUT2D eigenvalue weighted by molar-refractivity contribution is -0.132. The van der Waals surface area contributed by atoms with Gasteiger partial charge in [-0.05, 0) is 87.2 Å². The third kappa shape index (κ3) is 6.26. The average molecular weight is 643 g/mol. The summed E-state index contributed by atoms with van der Waals surface area (Å²) < 4.78 is 21.1. The molecule has 3 aromatic carbocycles. The van der Waals surface area contributed by atoms with Crippen LogP contribution in [-0.4, -0.2) is 17.0 Å². The molecule has 0 saturated heterocycles. The Balaban J connectivity index is 1.81. The second-order valence-electron chi connectivity index (χ2n) is 6.38. The number of carboxylic acids is 1. The maximum atomic E-state index is 13.8. The molecule has 0 aliphatic carbocycles. The molecule has 0 radical (unpaired) electrons. The van der Waals surface area contributed by atoms with E-state index in [4.69, 9.17) is 4.74 Å². The van der Waals surface area contributed by atoms with E-state index in [2.05, 4.69) is 50.5 Å². The quantitative estimate of drug-likeness (QED) is 0.265. The summed E-state index contributed by atoms with van der Waals surface area (Å²) in [7, 11) is 0. The van der Waals surface area contributed by atoms with Crippen molar-refractivity contribution in [3.05, 3.63) is 102 Å². The Labute approximate surface area is 205 Å². The highest BCUT2D eigenvalue weighted by atomic mass is 127. The fourth-order valence-electron chi connectivity index (χ4n) is 2.67. The maximum absolute atomic E-state index is 13.8. The minimum Gasteiger partial charge on any atom is -0.487 e. The molecule has 0 saturated carbocycles. The highest BCUT2D eigenvalue weighted by molar-refractivity contribution is 14.1. The van der Waals surface area contributed by atoms with Gasteiger partial charge in [-0.3, -0.25) is 4.79 Å². The van der Waals surface area contributed by atoms with Crippen LogP contribution in [0.3, 0.4) is 0 Å². The van der Waals surface area contributed by atoms with Gasteiger partial charge in [0.1, 0.15) is 23.9 Å². The molecule has 0 atom stereocenters. The number of benzene rings is 3. The molecule has 0 bridgehead atoms. The maximum Gasteiger partial charge on any atom is 0.352 e. The molecular weight excluding hydrogens is 627 g/mol. The highest BCUT2D eigenvalue weighted by Crippen LogP contribution is 2.30. The Bertz CT molecular complexity index is 1130. The van der Waals surface area contributed by atoms with Crippen LogP contribution in [0.1, 0.15) is 21.5 Å². The van der Waals surface area contributed by atoms with Crippen LogP contribution in [0.15, 0.2) is 72.4 Å². The van der Waals surface area contributed by atoms with Gasteiger partial charge in [0, 0.05) is 11.1 Å². The van der Waals surface area contributed by atoms with Crippen LogP contribution in [0, 0.1) is 13.0 Å². The zero-order chi connectivity index (χ0) is 22.4. The van der Waals surface area contributed by atoms with Crippen molar-refractivity contribution in [2.45, 2.75) is 6.61 Å². The van der Waals surface area contributed by atoms with Crippen LogP contribution >= 0.6 is 45.2 Å². The first-order chi connectivity index (χ1) is 14.8. The van der Waals surface area contributed by atoms with E-state index < -0.39 is 11.9 Å². The molecule has 0 aromatic heterocycles. The van der Waals surface area contributed by atoms with E-state index in [1.807, 2.05) is 0 Å². The van der Waals surface area contributed by atoms with E-state index in [-0.39, 0.29) is 18.1 Å². The number of rotatable bonds is 7. The molecular formula is C23H16FI2NO4. The van der Waals surface area contributed by atoms with Gasteiger partial charge in [-0.1, -0.05) is 36.4 Å². The number of carbonyl (C=O) groups is 2. The predicted molar refractivity (Wildman–Crippen MR) is 132 cm³/mol. The molecule has 8 heteroatoms. The Kier molecular flexibility index (Phi) is 8.02. The van der Waals surface area contributed by atoms with Crippen molar-refractivity contribution in [3.63, 3.8) is 0 Å². The van der Waals surface area contributed by atoms with Gasteiger partial charge in [0.2, 0.25) is 0 Å². The van der Waals surface area contributed by atoms with Crippen LogP contribution in [0.5, 0.6) is 5.75 Å². The molecule has 158 valence electrons. The molecule has 0 spiro atoms. The van der Waals surface area contributed by atoms with E-state index in [0.29, 0.717) is 22.4 Å². The van der Waals surface area contributed by atoms with Gasteiger partial charge >= 0.3 is 5.97 Å². The van der Waals surface area contributed by atoms with E-state index in [1.54, 1.807) is 60.7 Å². The van der Waals surface area contributed by atoms with Gasteiger partial charge in [0.15, 0.2) is 0 Å². The molecule has 1 amide bonds. The number of hydrogen-bond acceptors (Lipinski definition) is 3. The standard InChI is InChI=1S/C23H16FI2NO4/c24-17-9-5-4-8-16(17)13-31-21-18(25)10-14(11-19(21)26)12-20(23(29)30)27-22(28)15-6-2-1-3-7-15/h1-12H,13H2,(H,27,28)(H,29,30)/b20-12+.